The highest BCUT2D eigenvalue weighted by atomic mass is 16.5. The van der Waals surface area contributed by atoms with E-state index < -0.39 is 11.5 Å². The number of nitrogens with zero attached hydrogens (tertiary/aromatic N) is 1. The lowest BCUT2D eigenvalue weighted by atomic mass is 9.72. The zero-order valence-corrected chi connectivity index (χ0v) is 12.8. The van der Waals surface area contributed by atoms with Gasteiger partial charge < -0.3 is 14.8 Å². The molecule has 0 bridgehead atoms. The smallest absolute Gasteiger partial charge is 0.313 e. The first kappa shape index (κ1) is 13.8. The van der Waals surface area contributed by atoms with E-state index in [1.807, 2.05) is 31.4 Å². The van der Waals surface area contributed by atoms with Gasteiger partial charge in [0, 0.05) is 29.7 Å². The number of carbonyl (C=O) groups is 1. The number of esters is 1. The van der Waals surface area contributed by atoms with Crippen molar-refractivity contribution >= 4 is 16.9 Å². The number of aromatic nitrogens is 1. The molecule has 2 heterocycles. The lowest BCUT2D eigenvalue weighted by Crippen LogP contribution is -2.49. The van der Waals surface area contributed by atoms with Crippen LogP contribution in [0, 0.1) is 5.92 Å². The number of hydrogen-bond acceptors (Lipinski definition) is 4. The van der Waals surface area contributed by atoms with Crippen LogP contribution in [-0.2, 0) is 21.6 Å². The van der Waals surface area contributed by atoms with Crippen LogP contribution in [0.25, 0.3) is 10.9 Å². The second-order valence-electron chi connectivity index (χ2n) is 6.33. The van der Waals surface area contributed by atoms with E-state index in [-0.39, 0.29) is 12.0 Å². The molecule has 2 unspecified atom stereocenters. The van der Waals surface area contributed by atoms with Crippen LogP contribution < -0.4 is 0 Å². The predicted molar refractivity (Wildman–Crippen MR) is 82.4 cm³/mol. The molecule has 0 amide bonds. The highest BCUT2D eigenvalue weighted by molar-refractivity contribution is 5.90. The molecule has 3 atom stereocenters. The molecule has 2 aromatic rings. The number of likely N-dealkylation sites (tertiary alicyclic amines) is 1. The fourth-order valence-corrected chi connectivity index (χ4v) is 4.26. The van der Waals surface area contributed by atoms with Crippen molar-refractivity contribution in [2.45, 2.75) is 25.0 Å². The summed E-state index contributed by atoms with van der Waals surface area (Å²) in [6.45, 7) is 2.65. The highest BCUT2D eigenvalue weighted by Crippen LogP contribution is 2.49. The highest BCUT2D eigenvalue weighted by Gasteiger charge is 2.58. The van der Waals surface area contributed by atoms with Gasteiger partial charge in [-0.15, -0.1) is 0 Å². The number of aliphatic hydroxyl groups is 1. The molecule has 0 spiro atoms. The quantitative estimate of drug-likeness (QED) is 0.823. The number of nitrogens with one attached hydrogen (secondary N) is 1. The molecule has 4 rings (SSSR count). The summed E-state index contributed by atoms with van der Waals surface area (Å²) < 4.78 is 5.22. The average molecular weight is 300 g/mol. The van der Waals surface area contributed by atoms with Gasteiger partial charge in [0.05, 0.1) is 6.61 Å². The number of rotatable bonds is 2. The molecule has 0 saturated carbocycles. The van der Waals surface area contributed by atoms with Crippen LogP contribution in [-0.4, -0.2) is 47.2 Å². The number of hydrogen-bond donors (Lipinski definition) is 2. The van der Waals surface area contributed by atoms with Crippen LogP contribution in [0.1, 0.15) is 18.1 Å². The Hall–Kier alpha value is -1.85. The first-order valence-corrected chi connectivity index (χ1v) is 7.76. The number of fused-ring (bicyclic) bond motifs is 2. The summed E-state index contributed by atoms with van der Waals surface area (Å²) in [5, 5.41) is 12.6. The summed E-state index contributed by atoms with van der Waals surface area (Å²) in [5.41, 5.74) is 1.88. The third-order valence-electron chi connectivity index (χ3n) is 5.25. The number of carbonyl (C=O) groups excluding carboxylic acids is 1. The maximum absolute atomic E-state index is 12.4. The number of H-pyrrole nitrogens is 1. The summed E-state index contributed by atoms with van der Waals surface area (Å²) in [6.07, 6.45) is 2.75. The van der Waals surface area contributed by atoms with Crippen molar-refractivity contribution in [3.8, 4) is 0 Å². The second-order valence-corrected chi connectivity index (χ2v) is 6.33. The molecule has 1 fully saturated rings. The minimum atomic E-state index is -1.18. The van der Waals surface area contributed by atoms with Crippen LogP contribution in [0.15, 0.2) is 24.4 Å². The van der Waals surface area contributed by atoms with Crippen molar-refractivity contribution < 1.29 is 14.6 Å². The van der Waals surface area contributed by atoms with Gasteiger partial charge in [0.2, 0.25) is 0 Å². The van der Waals surface area contributed by atoms with Crippen molar-refractivity contribution in [3.05, 3.63) is 35.5 Å². The summed E-state index contributed by atoms with van der Waals surface area (Å²) in [4.78, 5) is 17.7. The molecule has 2 N–H and O–H groups in total. The molecule has 1 aromatic carbocycles. The lowest BCUT2D eigenvalue weighted by Gasteiger charge is -2.39. The normalized spacial score (nSPS) is 30.5. The average Bonchev–Trinajstić information content (AvgIpc) is 3.03. The van der Waals surface area contributed by atoms with Gasteiger partial charge in [-0.2, -0.15) is 0 Å². The van der Waals surface area contributed by atoms with Crippen LogP contribution in [0.5, 0.6) is 0 Å². The Morgan fingerprint density at radius 2 is 2.36 bits per heavy atom. The van der Waals surface area contributed by atoms with Gasteiger partial charge in [-0.1, -0.05) is 12.1 Å². The summed E-state index contributed by atoms with van der Waals surface area (Å²) in [7, 11) is 1.96. The number of benzene rings is 1. The summed E-state index contributed by atoms with van der Waals surface area (Å²) >= 11 is 0. The molecule has 1 saturated heterocycles. The van der Waals surface area contributed by atoms with Gasteiger partial charge in [-0.25, -0.2) is 0 Å². The Kier molecular flexibility index (Phi) is 2.86. The SMILES string of the molecule is CCOC(=O)C1CN(C)[C@@H]2Cc3c[nH]c4cccc(c34)C12O. The van der Waals surface area contributed by atoms with E-state index in [2.05, 4.69) is 9.88 Å². The van der Waals surface area contributed by atoms with Crippen molar-refractivity contribution in [1.29, 1.82) is 0 Å². The van der Waals surface area contributed by atoms with Gasteiger partial charge in [0.15, 0.2) is 0 Å². The molecule has 2 aliphatic rings. The van der Waals surface area contributed by atoms with Gasteiger partial charge in [-0.3, -0.25) is 9.69 Å². The monoisotopic (exact) mass is 300 g/mol. The number of aromatic amines is 1. The molecule has 22 heavy (non-hydrogen) atoms. The van der Waals surface area contributed by atoms with E-state index in [0.29, 0.717) is 13.2 Å². The van der Waals surface area contributed by atoms with E-state index in [1.165, 1.54) is 5.56 Å². The fourth-order valence-electron chi connectivity index (χ4n) is 4.26. The third-order valence-corrected chi connectivity index (χ3v) is 5.25. The summed E-state index contributed by atoms with van der Waals surface area (Å²) in [6, 6.07) is 5.77. The van der Waals surface area contributed by atoms with Crippen LogP contribution in [0.4, 0.5) is 0 Å². The van der Waals surface area contributed by atoms with Crippen molar-refractivity contribution in [3.63, 3.8) is 0 Å². The Morgan fingerprint density at radius 1 is 1.55 bits per heavy atom. The van der Waals surface area contributed by atoms with Gasteiger partial charge in [0.25, 0.3) is 0 Å². The van der Waals surface area contributed by atoms with Crippen molar-refractivity contribution in [2.24, 2.45) is 5.92 Å². The standard InChI is InChI=1S/C17H20N2O3/c1-3-22-16(20)12-9-19(2)14-7-10-8-18-13-6-4-5-11(15(10)13)17(12,14)21/h4-6,8,12,14,18,21H,3,7,9H2,1-2H3/t12?,14-,17?/m1/s1. The summed E-state index contributed by atoms with van der Waals surface area (Å²) in [5.74, 6) is -0.855. The van der Waals surface area contributed by atoms with Gasteiger partial charge >= 0.3 is 5.97 Å². The van der Waals surface area contributed by atoms with Gasteiger partial charge in [0.1, 0.15) is 11.5 Å². The molecular formula is C17H20N2O3. The van der Waals surface area contributed by atoms with Crippen molar-refractivity contribution in [2.75, 3.05) is 20.2 Å². The van der Waals surface area contributed by atoms with E-state index in [1.54, 1.807) is 6.92 Å². The first-order chi connectivity index (χ1) is 10.6. The largest absolute Gasteiger partial charge is 0.466 e. The minimum absolute atomic E-state index is 0.101. The topological polar surface area (TPSA) is 65.6 Å². The third kappa shape index (κ3) is 1.58. The zero-order valence-electron chi connectivity index (χ0n) is 12.8. The van der Waals surface area contributed by atoms with Gasteiger partial charge in [-0.05, 0) is 37.6 Å². The maximum Gasteiger partial charge on any atom is 0.313 e. The van der Waals surface area contributed by atoms with Crippen molar-refractivity contribution in [1.82, 2.24) is 9.88 Å². The van der Waals surface area contributed by atoms with E-state index >= 15 is 0 Å². The van der Waals surface area contributed by atoms with Crippen LogP contribution >= 0.6 is 0 Å². The Balaban J connectivity index is 1.92. The van der Waals surface area contributed by atoms with Crippen LogP contribution in [0.2, 0.25) is 0 Å². The minimum Gasteiger partial charge on any atom is -0.466 e. The van der Waals surface area contributed by atoms with Crippen LogP contribution in [0.3, 0.4) is 0 Å². The fraction of sp³-hybridized carbons (Fsp3) is 0.471. The Bertz CT molecular complexity index is 753. The Labute approximate surface area is 128 Å². The molecular weight excluding hydrogens is 280 g/mol. The molecule has 1 aromatic heterocycles. The molecule has 1 aliphatic carbocycles. The molecule has 5 nitrogen and oxygen atoms in total. The molecule has 0 radical (unpaired) electrons. The Morgan fingerprint density at radius 3 is 3.14 bits per heavy atom. The molecule has 116 valence electrons. The first-order valence-electron chi connectivity index (χ1n) is 7.76. The zero-order chi connectivity index (χ0) is 15.5. The van der Waals surface area contributed by atoms with E-state index in [0.717, 1.165) is 22.9 Å². The number of ether oxygens (including phenoxy) is 1. The van der Waals surface area contributed by atoms with E-state index in [4.69, 9.17) is 4.74 Å². The molecule has 5 heteroatoms. The maximum atomic E-state index is 12.4. The number of likely N-dealkylation sites (N-methyl/N-ethyl adjacent to an activating group) is 1. The second kappa shape index (κ2) is 4.57. The predicted octanol–water partition coefficient (Wildman–Crippen LogP) is 1.40. The lowest BCUT2D eigenvalue weighted by molar-refractivity contribution is -0.156. The van der Waals surface area contributed by atoms with E-state index in [9.17, 15) is 9.90 Å². The molecule has 1 aliphatic heterocycles.